The molecule has 0 aliphatic rings. The van der Waals surface area contributed by atoms with Gasteiger partial charge in [0.1, 0.15) is 0 Å². The molecule has 1 heteroatoms. The largest absolute Gasteiger partial charge is 0.0985 e. The molecule has 0 aliphatic heterocycles. The van der Waals surface area contributed by atoms with Crippen molar-refractivity contribution in [3.8, 4) is 0 Å². The third-order valence-corrected chi connectivity index (χ3v) is 2.27. The summed E-state index contributed by atoms with van der Waals surface area (Å²) in [4.78, 5) is 0. The normalized spacial score (nSPS) is 11.2. The monoisotopic (exact) mass is 224 g/mol. The SMILES string of the molecule is C=Cc1cccc(C(C)(C)Br)c1. The van der Waals surface area contributed by atoms with Crippen LogP contribution in [0.5, 0.6) is 0 Å². The van der Waals surface area contributed by atoms with E-state index in [0.717, 1.165) is 0 Å². The van der Waals surface area contributed by atoms with Crippen LogP contribution in [0.3, 0.4) is 0 Å². The van der Waals surface area contributed by atoms with Gasteiger partial charge in [-0.3, -0.25) is 0 Å². The molecular weight excluding hydrogens is 212 g/mol. The van der Waals surface area contributed by atoms with Crippen LogP contribution in [-0.4, -0.2) is 0 Å². The van der Waals surface area contributed by atoms with Gasteiger partial charge < -0.3 is 0 Å². The van der Waals surface area contributed by atoms with Gasteiger partial charge in [0.05, 0.1) is 0 Å². The Labute approximate surface area is 82.4 Å². The van der Waals surface area contributed by atoms with Crippen LogP contribution in [0.25, 0.3) is 6.08 Å². The fourth-order valence-corrected chi connectivity index (χ4v) is 1.28. The third-order valence-electron chi connectivity index (χ3n) is 1.81. The standard InChI is InChI=1S/C11H13Br/c1-4-9-6-5-7-10(8-9)11(2,3)12/h4-8H,1H2,2-3H3. The van der Waals surface area contributed by atoms with E-state index in [1.165, 1.54) is 11.1 Å². The van der Waals surface area contributed by atoms with Gasteiger partial charge in [0.15, 0.2) is 0 Å². The first-order chi connectivity index (χ1) is 5.54. The number of halogens is 1. The van der Waals surface area contributed by atoms with Crippen LogP contribution in [0.2, 0.25) is 0 Å². The van der Waals surface area contributed by atoms with E-state index in [9.17, 15) is 0 Å². The molecule has 0 spiro atoms. The molecule has 1 aromatic rings. The molecule has 0 N–H and O–H groups in total. The van der Waals surface area contributed by atoms with Gasteiger partial charge in [-0.15, -0.1) is 0 Å². The van der Waals surface area contributed by atoms with Crippen LogP contribution in [0, 0.1) is 0 Å². The molecule has 1 aromatic carbocycles. The molecule has 0 bridgehead atoms. The van der Waals surface area contributed by atoms with Gasteiger partial charge in [0, 0.05) is 4.32 Å². The first kappa shape index (κ1) is 9.53. The Morgan fingerprint density at radius 1 is 1.42 bits per heavy atom. The van der Waals surface area contributed by atoms with Crippen LogP contribution >= 0.6 is 15.9 Å². The van der Waals surface area contributed by atoms with Crippen molar-refractivity contribution in [2.75, 3.05) is 0 Å². The maximum Gasteiger partial charge on any atom is 0.0450 e. The highest BCUT2D eigenvalue weighted by Crippen LogP contribution is 2.30. The minimum atomic E-state index is 0.0476. The summed E-state index contributed by atoms with van der Waals surface area (Å²) in [5.74, 6) is 0. The van der Waals surface area contributed by atoms with Crippen molar-refractivity contribution in [2.45, 2.75) is 18.2 Å². The maximum atomic E-state index is 3.74. The summed E-state index contributed by atoms with van der Waals surface area (Å²) in [5, 5.41) is 0. The molecular formula is C11H13Br. The molecule has 0 saturated carbocycles. The Morgan fingerprint density at radius 3 is 2.58 bits per heavy atom. The van der Waals surface area contributed by atoms with Crippen LogP contribution in [0.1, 0.15) is 25.0 Å². The second kappa shape index (κ2) is 3.44. The Bertz CT molecular complexity index is 281. The average Bonchev–Trinajstić information content (AvgIpc) is 2.03. The van der Waals surface area contributed by atoms with E-state index >= 15 is 0 Å². The summed E-state index contributed by atoms with van der Waals surface area (Å²) in [5.41, 5.74) is 2.44. The zero-order chi connectivity index (χ0) is 9.19. The highest BCUT2D eigenvalue weighted by Gasteiger charge is 2.14. The lowest BCUT2D eigenvalue weighted by atomic mass is 10.0. The predicted octanol–water partition coefficient (Wildman–Crippen LogP) is 3.96. The lowest BCUT2D eigenvalue weighted by Gasteiger charge is -2.16. The molecule has 12 heavy (non-hydrogen) atoms. The molecule has 64 valence electrons. The van der Waals surface area contributed by atoms with Crippen molar-refractivity contribution < 1.29 is 0 Å². The van der Waals surface area contributed by atoms with Crippen LogP contribution in [-0.2, 0) is 4.32 Å². The quantitative estimate of drug-likeness (QED) is 0.668. The number of hydrogen-bond acceptors (Lipinski definition) is 0. The molecule has 0 aromatic heterocycles. The number of hydrogen-bond donors (Lipinski definition) is 0. The van der Waals surface area contributed by atoms with Crippen LogP contribution in [0.4, 0.5) is 0 Å². The van der Waals surface area contributed by atoms with Crippen LogP contribution < -0.4 is 0 Å². The first-order valence-corrected chi connectivity index (χ1v) is 4.75. The second-order valence-electron chi connectivity index (χ2n) is 3.30. The molecule has 0 nitrogen and oxygen atoms in total. The molecule has 0 saturated heterocycles. The second-order valence-corrected chi connectivity index (χ2v) is 5.28. The van der Waals surface area contributed by atoms with Gasteiger partial charge in [-0.25, -0.2) is 0 Å². The number of rotatable bonds is 2. The molecule has 1 rings (SSSR count). The summed E-state index contributed by atoms with van der Waals surface area (Å²) in [6.45, 7) is 8.01. The highest BCUT2D eigenvalue weighted by atomic mass is 79.9. The van der Waals surface area contributed by atoms with Crippen molar-refractivity contribution >= 4 is 22.0 Å². The molecule has 0 amide bonds. The minimum Gasteiger partial charge on any atom is -0.0985 e. The number of benzene rings is 1. The fraction of sp³-hybridized carbons (Fsp3) is 0.273. The van der Waals surface area contributed by atoms with Gasteiger partial charge >= 0.3 is 0 Å². The van der Waals surface area contributed by atoms with Gasteiger partial charge in [0.25, 0.3) is 0 Å². The van der Waals surface area contributed by atoms with Crippen molar-refractivity contribution in [1.82, 2.24) is 0 Å². The topological polar surface area (TPSA) is 0 Å². The van der Waals surface area contributed by atoms with E-state index in [-0.39, 0.29) is 4.32 Å². The van der Waals surface area contributed by atoms with Gasteiger partial charge in [-0.2, -0.15) is 0 Å². The summed E-state index contributed by atoms with van der Waals surface area (Å²) in [7, 11) is 0. The van der Waals surface area contributed by atoms with Gasteiger partial charge in [-0.1, -0.05) is 52.9 Å². The van der Waals surface area contributed by atoms with Crippen molar-refractivity contribution in [1.29, 1.82) is 0 Å². The van der Waals surface area contributed by atoms with E-state index in [1.807, 2.05) is 6.08 Å². The highest BCUT2D eigenvalue weighted by molar-refractivity contribution is 9.09. The lowest BCUT2D eigenvalue weighted by Crippen LogP contribution is -2.06. The molecule has 0 fully saturated rings. The van der Waals surface area contributed by atoms with Crippen LogP contribution in [0.15, 0.2) is 30.8 Å². The van der Waals surface area contributed by atoms with E-state index < -0.39 is 0 Å². The summed E-state index contributed by atoms with van der Waals surface area (Å²) >= 11 is 3.62. The van der Waals surface area contributed by atoms with E-state index in [1.54, 1.807) is 0 Å². The van der Waals surface area contributed by atoms with Crippen molar-refractivity contribution in [3.63, 3.8) is 0 Å². The smallest absolute Gasteiger partial charge is 0.0450 e. The molecule has 0 atom stereocenters. The summed E-state index contributed by atoms with van der Waals surface area (Å²) in [6, 6.07) is 8.36. The predicted molar refractivity (Wildman–Crippen MR) is 58.5 cm³/mol. The Balaban J connectivity index is 3.10. The lowest BCUT2D eigenvalue weighted by molar-refractivity contribution is 0.803. The van der Waals surface area contributed by atoms with E-state index in [0.29, 0.717) is 0 Å². The van der Waals surface area contributed by atoms with E-state index in [4.69, 9.17) is 0 Å². The van der Waals surface area contributed by atoms with Gasteiger partial charge in [0.2, 0.25) is 0 Å². The Morgan fingerprint density at radius 2 is 2.08 bits per heavy atom. The Hall–Kier alpha value is -0.560. The average molecular weight is 225 g/mol. The molecule has 0 radical (unpaired) electrons. The third kappa shape index (κ3) is 2.21. The van der Waals surface area contributed by atoms with Crippen molar-refractivity contribution in [2.24, 2.45) is 0 Å². The summed E-state index contributed by atoms with van der Waals surface area (Å²) in [6.07, 6.45) is 1.86. The minimum absolute atomic E-state index is 0.0476. The zero-order valence-corrected chi connectivity index (χ0v) is 9.06. The number of alkyl halides is 1. The molecule has 0 aliphatic carbocycles. The molecule has 0 heterocycles. The van der Waals surface area contributed by atoms with Crippen molar-refractivity contribution in [3.05, 3.63) is 42.0 Å². The zero-order valence-electron chi connectivity index (χ0n) is 7.47. The Kier molecular flexibility index (Phi) is 2.73. The maximum absolute atomic E-state index is 3.74. The summed E-state index contributed by atoms with van der Waals surface area (Å²) < 4.78 is 0.0476. The van der Waals surface area contributed by atoms with E-state index in [2.05, 4.69) is 60.6 Å². The fourth-order valence-electron chi connectivity index (χ4n) is 1.04. The first-order valence-electron chi connectivity index (χ1n) is 3.96. The van der Waals surface area contributed by atoms with Gasteiger partial charge in [-0.05, 0) is 25.0 Å². The molecule has 0 unspecified atom stereocenters.